The second-order valence-electron chi connectivity index (χ2n) is 17.9. The Morgan fingerprint density at radius 3 is 1.33 bits per heavy atom. The van der Waals surface area contributed by atoms with E-state index in [9.17, 15) is 0 Å². The number of nitrogens with zero attached hydrogens (tertiary/aromatic N) is 6. The van der Waals surface area contributed by atoms with E-state index in [1.165, 1.54) is 32.8 Å². The number of benzene rings is 9. The zero-order valence-electron chi connectivity index (χ0n) is 37.4. The molecule has 0 saturated carbocycles. The van der Waals surface area contributed by atoms with Gasteiger partial charge in [0.15, 0.2) is 17.5 Å². The Balaban J connectivity index is 1.25. The van der Waals surface area contributed by atoms with Gasteiger partial charge in [-0.25, -0.2) is 15.0 Å². The molecule has 0 saturated heterocycles. The van der Waals surface area contributed by atoms with Crippen molar-refractivity contribution in [3.63, 3.8) is 0 Å². The monoisotopic (exact) mass is 882 g/mol. The Kier molecular flexibility index (Phi) is 8.92. The summed E-state index contributed by atoms with van der Waals surface area (Å²) in [7, 11) is 0. The van der Waals surface area contributed by atoms with Crippen LogP contribution in [0.1, 0.15) is 11.5 Å². The second kappa shape index (κ2) is 15.8. The Morgan fingerprint density at radius 2 is 0.783 bits per heavy atom. The van der Waals surface area contributed by atoms with Crippen LogP contribution in [0.25, 0.3) is 100 Å². The molecule has 0 N–H and O–H groups in total. The number of rotatable bonds is 7. The van der Waals surface area contributed by atoms with Gasteiger partial charge in [0.05, 0.1) is 45.2 Å². The first kappa shape index (κ1) is 39.1. The van der Waals surface area contributed by atoms with E-state index in [0.717, 1.165) is 66.9 Å². The largest absolute Gasteiger partial charge is 0.330 e. The first-order valence-electron chi connectivity index (χ1n) is 23.6. The average Bonchev–Trinajstić information content (AvgIpc) is 4.07. The Bertz CT molecular complexity index is 3870. The maximum atomic E-state index is 5.53. The molecule has 9 aromatic carbocycles. The van der Waals surface area contributed by atoms with Crippen molar-refractivity contribution < 1.29 is 0 Å². The van der Waals surface area contributed by atoms with Crippen LogP contribution in [0.3, 0.4) is 0 Å². The van der Waals surface area contributed by atoms with Crippen LogP contribution in [0.5, 0.6) is 0 Å². The van der Waals surface area contributed by atoms with E-state index in [4.69, 9.17) is 15.0 Å². The number of aromatic nitrogens is 5. The minimum atomic E-state index is -0.0212. The van der Waals surface area contributed by atoms with Gasteiger partial charge in [-0.15, -0.1) is 0 Å². The van der Waals surface area contributed by atoms with Gasteiger partial charge >= 0.3 is 0 Å². The molecule has 1 aliphatic carbocycles. The van der Waals surface area contributed by atoms with Crippen LogP contribution in [0.15, 0.2) is 243 Å². The van der Waals surface area contributed by atoms with E-state index in [-0.39, 0.29) is 12.0 Å². The number of allylic oxidation sites excluding steroid dienone is 2. The molecule has 14 rings (SSSR count). The molecule has 69 heavy (non-hydrogen) atoms. The summed E-state index contributed by atoms with van der Waals surface area (Å²) in [6.07, 6.45) is 9.18. The maximum Gasteiger partial charge on any atom is 0.164 e. The molecule has 0 spiro atoms. The Hall–Kier alpha value is -9.13. The van der Waals surface area contributed by atoms with Crippen LogP contribution in [0.2, 0.25) is 0 Å². The predicted molar refractivity (Wildman–Crippen MR) is 284 cm³/mol. The molecule has 324 valence electrons. The first-order chi connectivity index (χ1) is 34.3. The third kappa shape index (κ3) is 6.09. The quantitative estimate of drug-likeness (QED) is 0.160. The lowest BCUT2D eigenvalue weighted by molar-refractivity contribution is 0.742. The topological polar surface area (TPSA) is 51.8 Å². The van der Waals surface area contributed by atoms with Crippen LogP contribution in [0, 0.1) is 0 Å². The van der Waals surface area contributed by atoms with E-state index >= 15 is 0 Å². The highest BCUT2D eigenvalue weighted by atomic mass is 15.2. The summed E-state index contributed by atoms with van der Waals surface area (Å²) in [4.78, 5) is 18.9. The molecule has 3 aromatic heterocycles. The lowest BCUT2D eigenvalue weighted by Crippen LogP contribution is -2.31. The summed E-state index contributed by atoms with van der Waals surface area (Å²) in [6, 6.07) is 78.1. The molecule has 0 radical (unpaired) electrons. The minimum absolute atomic E-state index is 0.0212. The standard InChI is InChI=1S/C63H42N6/c1-4-22-41(23-5-1)58-50(63-65-61(42-24-6-2-7-25-42)64-62(66-63)43-26-8-3-9-27-43)40-57(67-51-34-16-10-28-44(51)45-29-11-17-35-52(45)67)59(68-53-36-18-12-30-46(53)47-31-13-19-37-54(47)68)60(58)69-55-38-20-14-32-48(55)49-33-15-21-39-56(49)69/h1-40,46,53H. The van der Waals surface area contributed by atoms with Crippen molar-refractivity contribution in [1.82, 2.24) is 24.1 Å². The van der Waals surface area contributed by atoms with Crippen molar-refractivity contribution in [1.29, 1.82) is 0 Å². The number of hydrogen-bond acceptors (Lipinski definition) is 4. The van der Waals surface area contributed by atoms with Crippen LogP contribution < -0.4 is 4.90 Å². The second-order valence-corrected chi connectivity index (χ2v) is 17.9. The van der Waals surface area contributed by atoms with Gasteiger partial charge in [-0.05, 0) is 47.5 Å². The van der Waals surface area contributed by atoms with E-state index in [0.29, 0.717) is 17.5 Å². The smallest absolute Gasteiger partial charge is 0.164 e. The summed E-state index contributed by atoms with van der Waals surface area (Å²) >= 11 is 0. The lowest BCUT2D eigenvalue weighted by atomic mass is 9.90. The van der Waals surface area contributed by atoms with Crippen molar-refractivity contribution >= 4 is 55.0 Å². The molecular weight excluding hydrogens is 841 g/mol. The van der Waals surface area contributed by atoms with Gasteiger partial charge in [0.1, 0.15) is 0 Å². The Morgan fingerprint density at radius 1 is 0.348 bits per heavy atom. The highest BCUT2D eigenvalue weighted by molar-refractivity contribution is 6.14. The van der Waals surface area contributed by atoms with Gasteiger partial charge in [-0.3, -0.25) is 0 Å². The number of anilines is 2. The predicted octanol–water partition coefficient (Wildman–Crippen LogP) is 15.5. The van der Waals surface area contributed by atoms with Gasteiger partial charge in [-0.1, -0.05) is 206 Å². The SMILES string of the molecule is C1=CC2c3ccccc3N(c3c(-n4c5ccccc5c5ccccc54)cc(-c4nc(-c5ccccc5)nc(-c5ccccc5)n4)c(-c4ccccc4)c3-n3c4ccccc4c4ccccc43)C2C=C1. The molecule has 1 aliphatic heterocycles. The van der Waals surface area contributed by atoms with Gasteiger partial charge in [0.2, 0.25) is 0 Å². The highest BCUT2D eigenvalue weighted by Gasteiger charge is 2.41. The zero-order chi connectivity index (χ0) is 45.4. The van der Waals surface area contributed by atoms with Crippen LogP contribution >= 0.6 is 0 Å². The molecule has 2 unspecified atom stereocenters. The van der Waals surface area contributed by atoms with Crippen LogP contribution in [0.4, 0.5) is 11.4 Å². The zero-order valence-corrected chi connectivity index (χ0v) is 37.4. The summed E-state index contributed by atoms with van der Waals surface area (Å²) in [5.41, 5.74) is 14.8. The molecular formula is C63H42N6. The molecule has 4 heterocycles. The van der Waals surface area contributed by atoms with E-state index in [2.05, 4.69) is 220 Å². The molecule has 0 amide bonds. The number of para-hydroxylation sites is 5. The average molecular weight is 883 g/mol. The molecule has 6 heteroatoms. The molecule has 2 atom stereocenters. The molecule has 12 aromatic rings. The minimum Gasteiger partial charge on any atom is -0.330 e. The fraction of sp³-hybridized carbons (Fsp3) is 0.0317. The van der Waals surface area contributed by atoms with Crippen molar-refractivity contribution in [3.05, 3.63) is 248 Å². The van der Waals surface area contributed by atoms with Crippen LogP contribution in [-0.2, 0) is 0 Å². The third-order valence-electron chi connectivity index (χ3n) is 14.1. The molecule has 0 bridgehead atoms. The highest BCUT2D eigenvalue weighted by Crippen LogP contribution is 2.56. The molecule has 6 nitrogen and oxygen atoms in total. The van der Waals surface area contributed by atoms with Crippen molar-refractivity contribution in [2.75, 3.05) is 4.90 Å². The summed E-state index contributed by atoms with van der Waals surface area (Å²) in [5, 5.41) is 4.73. The summed E-state index contributed by atoms with van der Waals surface area (Å²) in [5.74, 6) is 1.93. The molecule has 2 aliphatic rings. The third-order valence-corrected chi connectivity index (χ3v) is 14.1. The number of fused-ring (bicyclic) bond motifs is 9. The summed E-state index contributed by atoms with van der Waals surface area (Å²) in [6.45, 7) is 0. The fourth-order valence-electron chi connectivity index (χ4n) is 11.2. The number of hydrogen-bond donors (Lipinski definition) is 0. The fourth-order valence-corrected chi connectivity index (χ4v) is 11.2. The van der Waals surface area contributed by atoms with Crippen LogP contribution in [-0.4, -0.2) is 30.1 Å². The van der Waals surface area contributed by atoms with Crippen molar-refractivity contribution in [3.8, 4) is 56.7 Å². The first-order valence-corrected chi connectivity index (χ1v) is 23.6. The van der Waals surface area contributed by atoms with Gasteiger partial charge < -0.3 is 14.0 Å². The normalized spacial score (nSPS) is 15.1. The van der Waals surface area contributed by atoms with E-state index in [1.54, 1.807) is 0 Å². The van der Waals surface area contributed by atoms with E-state index < -0.39 is 0 Å². The maximum absolute atomic E-state index is 5.53. The van der Waals surface area contributed by atoms with Gasteiger partial charge in [0.25, 0.3) is 0 Å². The Labute approximate surface area is 399 Å². The van der Waals surface area contributed by atoms with Crippen molar-refractivity contribution in [2.45, 2.75) is 12.0 Å². The molecule has 0 fully saturated rings. The van der Waals surface area contributed by atoms with Gasteiger partial charge in [-0.2, -0.15) is 0 Å². The van der Waals surface area contributed by atoms with E-state index in [1.807, 2.05) is 36.4 Å². The van der Waals surface area contributed by atoms with Gasteiger partial charge in [0, 0.05) is 55.4 Å². The summed E-state index contributed by atoms with van der Waals surface area (Å²) < 4.78 is 5.02. The van der Waals surface area contributed by atoms with Crippen molar-refractivity contribution in [2.24, 2.45) is 0 Å². The lowest BCUT2D eigenvalue weighted by Gasteiger charge is -2.35.